The first-order valence-electron chi connectivity index (χ1n) is 7.15. The van der Waals surface area contributed by atoms with Crippen molar-refractivity contribution in [3.63, 3.8) is 0 Å². The third-order valence-electron chi connectivity index (χ3n) is 3.53. The number of carbonyl (C=O) groups excluding carboxylic acids is 2. The normalized spacial score (nSPS) is 15.5. The summed E-state index contributed by atoms with van der Waals surface area (Å²) in [4.78, 5) is 29.5. The Morgan fingerprint density at radius 1 is 1.05 bits per heavy atom. The summed E-state index contributed by atoms with van der Waals surface area (Å²) in [5.41, 5.74) is 5.40. The fraction of sp³-hybridized carbons (Fsp3) is 0.846. The molecule has 19 heavy (non-hydrogen) atoms. The minimum absolute atomic E-state index is 0.0825. The van der Waals surface area contributed by atoms with Gasteiger partial charge in [-0.2, -0.15) is 0 Å². The summed E-state index contributed by atoms with van der Waals surface area (Å²) in [7, 11) is 0. The van der Waals surface area contributed by atoms with E-state index in [4.69, 9.17) is 5.73 Å². The van der Waals surface area contributed by atoms with E-state index in [1.54, 1.807) is 0 Å². The summed E-state index contributed by atoms with van der Waals surface area (Å²) in [5.74, 6) is 0.153. The van der Waals surface area contributed by atoms with Crippen LogP contribution in [0.4, 0.5) is 4.79 Å². The Balaban J connectivity index is 2.40. The van der Waals surface area contributed by atoms with Crippen molar-refractivity contribution in [2.45, 2.75) is 26.7 Å². The number of urea groups is 1. The molecule has 1 fully saturated rings. The largest absolute Gasteiger partial charge is 0.339 e. The Kier molecular flexibility index (Phi) is 6.62. The molecule has 3 amide bonds. The van der Waals surface area contributed by atoms with Gasteiger partial charge in [-0.1, -0.05) is 0 Å². The molecule has 0 aliphatic carbocycles. The van der Waals surface area contributed by atoms with E-state index in [2.05, 4.69) is 0 Å². The van der Waals surface area contributed by atoms with Crippen LogP contribution in [0.15, 0.2) is 0 Å². The third kappa shape index (κ3) is 4.38. The summed E-state index contributed by atoms with van der Waals surface area (Å²) in [6, 6.07) is 0.0825. The first-order chi connectivity index (χ1) is 9.13. The van der Waals surface area contributed by atoms with Gasteiger partial charge in [0.05, 0.1) is 0 Å². The Hall–Kier alpha value is -1.30. The van der Waals surface area contributed by atoms with Crippen LogP contribution in [0.2, 0.25) is 0 Å². The Labute approximate surface area is 115 Å². The van der Waals surface area contributed by atoms with Crippen LogP contribution in [0.25, 0.3) is 0 Å². The molecule has 0 atom stereocenters. The van der Waals surface area contributed by atoms with Gasteiger partial charge in [0.2, 0.25) is 5.91 Å². The number of carbonyl (C=O) groups is 2. The maximum atomic E-state index is 12.1. The van der Waals surface area contributed by atoms with Crippen LogP contribution < -0.4 is 5.73 Å². The van der Waals surface area contributed by atoms with Crippen molar-refractivity contribution in [1.82, 2.24) is 14.7 Å². The van der Waals surface area contributed by atoms with Gasteiger partial charge >= 0.3 is 6.03 Å². The average Bonchev–Trinajstić information content (AvgIpc) is 2.46. The zero-order valence-corrected chi connectivity index (χ0v) is 12.1. The molecule has 6 nitrogen and oxygen atoms in total. The second-order valence-electron chi connectivity index (χ2n) is 4.71. The van der Waals surface area contributed by atoms with E-state index in [1.165, 1.54) is 0 Å². The molecule has 0 bridgehead atoms. The Bertz CT molecular complexity index is 297. The van der Waals surface area contributed by atoms with Crippen molar-refractivity contribution in [2.24, 2.45) is 5.73 Å². The number of hydrogen-bond donors (Lipinski definition) is 1. The summed E-state index contributed by atoms with van der Waals surface area (Å²) in [6.07, 6.45) is 1.25. The first kappa shape index (κ1) is 15.8. The highest BCUT2D eigenvalue weighted by atomic mass is 16.2. The zero-order valence-electron chi connectivity index (χ0n) is 12.1. The van der Waals surface area contributed by atoms with Crippen LogP contribution in [0.3, 0.4) is 0 Å². The molecule has 1 aliphatic rings. The number of hydrogen-bond acceptors (Lipinski definition) is 3. The highest BCUT2D eigenvalue weighted by Crippen LogP contribution is 2.07. The van der Waals surface area contributed by atoms with Crippen LogP contribution in [-0.4, -0.2) is 72.5 Å². The number of nitrogens with two attached hydrogens (primary N) is 1. The first-order valence-corrected chi connectivity index (χ1v) is 7.15. The van der Waals surface area contributed by atoms with Gasteiger partial charge in [-0.3, -0.25) is 4.79 Å². The lowest BCUT2D eigenvalue weighted by Crippen LogP contribution is -2.54. The molecule has 0 aromatic heterocycles. The lowest BCUT2D eigenvalue weighted by atomic mass is 10.2. The second kappa shape index (κ2) is 7.99. The van der Waals surface area contributed by atoms with Crippen LogP contribution in [0, 0.1) is 0 Å². The minimum Gasteiger partial charge on any atom is -0.339 e. The maximum Gasteiger partial charge on any atom is 0.320 e. The van der Waals surface area contributed by atoms with Crippen LogP contribution in [-0.2, 0) is 4.79 Å². The van der Waals surface area contributed by atoms with Crippen molar-refractivity contribution < 1.29 is 9.59 Å². The van der Waals surface area contributed by atoms with Crippen molar-refractivity contribution in [1.29, 1.82) is 0 Å². The SMILES string of the molecule is CCN(CC)C(=O)N1CCN(C(=O)CCCN)CC1. The predicted molar refractivity (Wildman–Crippen MR) is 74.8 cm³/mol. The van der Waals surface area contributed by atoms with E-state index in [0.29, 0.717) is 39.1 Å². The van der Waals surface area contributed by atoms with Crippen LogP contribution in [0.5, 0.6) is 0 Å². The summed E-state index contributed by atoms with van der Waals surface area (Å²) < 4.78 is 0. The summed E-state index contributed by atoms with van der Waals surface area (Å²) in [6.45, 7) is 8.49. The smallest absolute Gasteiger partial charge is 0.320 e. The van der Waals surface area contributed by atoms with Gasteiger partial charge < -0.3 is 20.4 Å². The number of rotatable bonds is 5. The zero-order chi connectivity index (χ0) is 14.3. The number of amides is 3. The molecule has 6 heteroatoms. The molecule has 110 valence electrons. The monoisotopic (exact) mass is 270 g/mol. The highest BCUT2D eigenvalue weighted by Gasteiger charge is 2.25. The maximum absolute atomic E-state index is 12.1. The molecule has 1 heterocycles. The van der Waals surface area contributed by atoms with Gasteiger partial charge in [0.25, 0.3) is 0 Å². The van der Waals surface area contributed by atoms with Crippen molar-refractivity contribution in [3.05, 3.63) is 0 Å². The molecule has 1 saturated heterocycles. The quantitative estimate of drug-likeness (QED) is 0.783. The molecule has 1 aliphatic heterocycles. The molecule has 2 N–H and O–H groups in total. The van der Waals surface area contributed by atoms with E-state index < -0.39 is 0 Å². The molecule has 0 saturated carbocycles. The van der Waals surface area contributed by atoms with Gasteiger partial charge in [-0.15, -0.1) is 0 Å². The predicted octanol–water partition coefficient (Wildman–Crippen LogP) is 0.331. The Morgan fingerprint density at radius 2 is 1.58 bits per heavy atom. The third-order valence-corrected chi connectivity index (χ3v) is 3.53. The lowest BCUT2D eigenvalue weighted by Gasteiger charge is -2.37. The highest BCUT2D eigenvalue weighted by molar-refractivity contribution is 5.77. The minimum atomic E-state index is 0.0825. The summed E-state index contributed by atoms with van der Waals surface area (Å²) in [5, 5.41) is 0. The molecule has 0 aromatic rings. The van der Waals surface area contributed by atoms with Gasteiger partial charge in [0.15, 0.2) is 0 Å². The number of piperazine rings is 1. The standard InChI is InChI=1S/C13H26N4O2/c1-3-15(4-2)13(19)17-10-8-16(9-11-17)12(18)6-5-7-14/h3-11,14H2,1-2H3. The number of nitrogens with zero attached hydrogens (tertiary/aromatic N) is 3. The molecular weight excluding hydrogens is 244 g/mol. The van der Waals surface area contributed by atoms with Gasteiger partial charge in [0.1, 0.15) is 0 Å². The van der Waals surface area contributed by atoms with Gasteiger partial charge in [-0.05, 0) is 26.8 Å². The van der Waals surface area contributed by atoms with Crippen molar-refractivity contribution in [3.8, 4) is 0 Å². The lowest BCUT2D eigenvalue weighted by molar-refractivity contribution is -0.132. The van der Waals surface area contributed by atoms with Crippen molar-refractivity contribution >= 4 is 11.9 Å². The fourth-order valence-electron chi connectivity index (χ4n) is 2.25. The van der Waals surface area contributed by atoms with Crippen molar-refractivity contribution in [2.75, 3.05) is 45.8 Å². The van der Waals surface area contributed by atoms with E-state index in [-0.39, 0.29) is 11.9 Å². The van der Waals surface area contributed by atoms with E-state index in [9.17, 15) is 9.59 Å². The molecule has 0 aromatic carbocycles. The fourth-order valence-corrected chi connectivity index (χ4v) is 2.25. The topological polar surface area (TPSA) is 69.9 Å². The average molecular weight is 270 g/mol. The second-order valence-corrected chi connectivity index (χ2v) is 4.71. The van der Waals surface area contributed by atoms with Crippen LogP contribution >= 0.6 is 0 Å². The molecule has 0 spiro atoms. The molecule has 1 rings (SSSR count). The van der Waals surface area contributed by atoms with E-state index in [1.807, 2.05) is 28.5 Å². The van der Waals surface area contributed by atoms with Gasteiger partial charge in [0, 0.05) is 45.7 Å². The van der Waals surface area contributed by atoms with Gasteiger partial charge in [-0.25, -0.2) is 4.79 Å². The van der Waals surface area contributed by atoms with E-state index >= 15 is 0 Å². The summed E-state index contributed by atoms with van der Waals surface area (Å²) >= 11 is 0. The molecule has 0 radical (unpaired) electrons. The van der Waals surface area contributed by atoms with Crippen LogP contribution in [0.1, 0.15) is 26.7 Å². The Morgan fingerprint density at radius 3 is 2.05 bits per heavy atom. The van der Waals surface area contributed by atoms with E-state index in [0.717, 1.165) is 19.5 Å². The molecule has 0 unspecified atom stereocenters. The molecular formula is C13H26N4O2.